The quantitative estimate of drug-likeness (QED) is 0.193. The Kier molecular flexibility index (Phi) is 8.52. The van der Waals surface area contributed by atoms with Crippen LogP contribution in [0.15, 0.2) is 72.8 Å². The molecule has 0 unspecified atom stereocenters. The molecule has 3 aromatic rings. The summed E-state index contributed by atoms with van der Waals surface area (Å²) >= 11 is 6.11. The number of benzene rings is 3. The zero-order valence-corrected chi connectivity index (χ0v) is 22.8. The maximum atomic E-state index is 13.4. The molecule has 0 radical (unpaired) electrons. The Hall–Kier alpha value is -4.36. The van der Waals surface area contributed by atoms with Gasteiger partial charge < -0.3 is 9.47 Å². The Bertz CT molecular complexity index is 1490. The normalized spacial score (nSPS) is 14.4. The van der Waals surface area contributed by atoms with E-state index >= 15 is 0 Å². The predicted molar refractivity (Wildman–Crippen MR) is 152 cm³/mol. The molecule has 1 aliphatic rings. The smallest absolute Gasteiger partial charge is 0.335 e. The van der Waals surface area contributed by atoms with Crippen molar-refractivity contribution in [1.29, 1.82) is 0 Å². The molecule has 0 saturated carbocycles. The van der Waals surface area contributed by atoms with E-state index < -0.39 is 17.8 Å². The van der Waals surface area contributed by atoms with E-state index in [-0.39, 0.29) is 12.2 Å². The highest BCUT2D eigenvalue weighted by atomic mass is 35.5. The van der Waals surface area contributed by atoms with Gasteiger partial charge >= 0.3 is 6.03 Å². The van der Waals surface area contributed by atoms with Gasteiger partial charge in [0.2, 0.25) is 0 Å². The summed E-state index contributed by atoms with van der Waals surface area (Å²) in [6.07, 6.45) is 3.64. The van der Waals surface area contributed by atoms with Gasteiger partial charge in [-0.05, 0) is 91.9 Å². The minimum atomic E-state index is -0.794. The van der Waals surface area contributed by atoms with Gasteiger partial charge in [0.05, 0.1) is 12.3 Å². The number of rotatable bonds is 9. The molecule has 1 saturated heterocycles. The van der Waals surface area contributed by atoms with Crippen molar-refractivity contribution in [3.63, 3.8) is 0 Å². The molecule has 1 N–H and O–H groups in total. The first-order chi connectivity index (χ1) is 18.7. The highest BCUT2D eigenvalue weighted by Crippen LogP contribution is 2.36. The molecule has 0 atom stereocenters. The van der Waals surface area contributed by atoms with E-state index in [2.05, 4.69) is 11.9 Å². The van der Waals surface area contributed by atoms with Crippen LogP contribution in [0.4, 0.5) is 10.5 Å². The number of nitrogens with one attached hydrogen (secondary N) is 1. The molecule has 3 aromatic carbocycles. The van der Waals surface area contributed by atoms with Crippen molar-refractivity contribution in [2.45, 2.75) is 33.8 Å². The number of amides is 4. The standard InChI is InChI=1S/C31H29ClN2O5/c1-5-8-23-14-22(17-27(38-6-2)28(23)39-18-21-9-7-10-24(32)15-21)16-26-29(35)33-31(37)34(30(26)36)25-12-11-19(3)20(4)13-25/h5,7,9-17H,1,6,8,18H2,2-4H3,(H,33,35,37)/b26-16+. The summed E-state index contributed by atoms with van der Waals surface area (Å²) in [5.41, 5.74) is 4.33. The third-order valence-corrected chi connectivity index (χ3v) is 6.49. The maximum absolute atomic E-state index is 13.4. The van der Waals surface area contributed by atoms with Gasteiger partial charge in [-0.1, -0.05) is 35.9 Å². The van der Waals surface area contributed by atoms with Gasteiger partial charge in [0, 0.05) is 10.6 Å². The van der Waals surface area contributed by atoms with Gasteiger partial charge in [-0.2, -0.15) is 0 Å². The highest BCUT2D eigenvalue weighted by Gasteiger charge is 2.37. The van der Waals surface area contributed by atoms with Crippen LogP contribution >= 0.6 is 11.6 Å². The molecular formula is C31H29ClN2O5. The lowest BCUT2D eigenvalue weighted by atomic mass is 10.0. The molecule has 39 heavy (non-hydrogen) atoms. The second-order valence-corrected chi connectivity index (χ2v) is 9.51. The fourth-order valence-electron chi connectivity index (χ4n) is 4.21. The average molecular weight is 545 g/mol. The molecule has 1 heterocycles. The minimum absolute atomic E-state index is 0.174. The lowest BCUT2D eigenvalue weighted by Gasteiger charge is -2.27. The molecule has 4 amide bonds. The number of nitrogens with zero attached hydrogens (tertiary/aromatic N) is 1. The average Bonchev–Trinajstić information content (AvgIpc) is 2.88. The molecule has 200 valence electrons. The zero-order chi connectivity index (χ0) is 28.1. The molecule has 0 spiro atoms. The van der Waals surface area contributed by atoms with Crippen LogP contribution in [-0.2, 0) is 22.6 Å². The molecular weight excluding hydrogens is 516 g/mol. The number of aryl methyl sites for hydroxylation is 2. The number of carbonyl (C=O) groups is 3. The third-order valence-electron chi connectivity index (χ3n) is 6.25. The number of hydrogen-bond donors (Lipinski definition) is 1. The van der Waals surface area contributed by atoms with Crippen LogP contribution in [0.5, 0.6) is 11.5 Å². The summed E-state index contributed by atoms with van der Waals surface area (Å²) < 4.78 is 12.0. The second-order valence-electron chi connectivity index (χ2n) is 9.08. The van der Waals surface area contributed by atoms with Crippen molar-refractivity contribution in [2.24, 2.45) is 0 Å². The van der Waals surface area contributed by atoms with Crippen LogP contribution in [-0.4, -0.2) is 24.5 Å². The summed E-state index contributed by atoms with van der Waals surface area (Å²) in [6, 6.07) is 15.3. The van der Waals surface area contributed by atoms with Crippen molar-refractivity contribution in [3.05, 3.63) is 106 Å². The van der Waals surface area contributed by atoms with E-state index in [0.717, 1.165) is 27.2 Å². The third kappa shape index (κ3) is 6.21. The zero-order valence-electron chi connectivity index (χ0n) is 22.0. The number of anilines is 1. The topological polar surface area (TPSA) is 84.9 Å². The van der Waals surface area contributed by atoms with Gasteiger partial charge in [0.1, 0.15) is 12.2 Å². The molecule has 4 rings (SSSR count). The molecule has 8 heteroatoms. The van der Waals surface area contributed by atoms with E-state index in [4.69, 9.17) is 21.1 Å². The van der Waals surface area contributed by atoms with Crippen LogP contribution in [0.1, 0.15) is 34.7 Å². The van der Waals surface area contributed by atoms with Crippen LogP contribution in [0.2, 0.25) is 5.02 Å². The fourth-order valence-corrected chi connectivity index (χ4v) is 4.42. The Morgan fingerprint density at radius 1 is 1.00 bits per heavy atom. The first-order valence-electron chi connectivity index (χ1n) is 12.5. The van der Waals surface area contributed by atoms with Crippen LogP contribution in [0.3, 0.4) is 0 Å². The summed E-state index contributed by atoms with van der Waals surface area (Å²) in [5, 5.41) is 2.88. The number of halogens is 1. The number of carbonyl (C=O) groups excluding carboxylic acids is 3. The van der Waals surface area contributed by atoms with Gasteiger partial charge in [-0.15, -0.1) is 6.58 Å². The number of allylic oxidation sites excluding steroid dienone is 1. The Balaban J connectivity index is 1.72. The SMILES string of the molecule is C=CCc1cc(/C=C2\C(=O)NC(=O)N(c3ccc(C)c(C)c3)C2=O)cc(OCC)c1OCc1cccc(Cl)c1. The van der Waals surface area contributed by atoms with E-state index in [1.807, 2.05) is 51.1 Å². The number of hydrogen-bond acceptors (Lipinski definition) is 5. The lowest BCUT2D eigenvalue weighted by molar-refractivity contribution is -0.122. The molecule has 1 aliphatic heterocycles. The Morgan fingerprint density at radius 3 is 2.49 bits per heavy atom. The van der Waals surface area contributed by atoms with E-state index in [0.29, 0.717) is 40.8 Å². The van der Waals surface area contributed by atoms with Gasteiger partial charge in [0.15, 0.2) is 11.5 Å². The van der Waals surface area contributed by atoms with Gasteiger partial charge in [-0.25, -0.2) is 9.69 Å². The van der Waals surface area contributed by atoms with E-state index in [9.17, 15) is 14.4 Å². The number of urea groups is 1. The number of ether oxygens (including phenoxy) is 2. The first-order valence-corrected chi connectivity index (χ1v) is 12.9. The van der Waals surface area contributed by atoms with Crippen molar-refractivity contribution < 1.29 is 23.9 Å². The highest BCUT2D eigenvalue weighted by molar-refractivity contribution is 6.39. The lowest BCUT2D eigenvalue weighted by Crippen LogP contribution is -2.54. The fraction of sp³-hybridized carbons (Fsp3) is 0.194. The van der Waals surface area contributed by atoms with E-state index in [1.165, 1.54) is 6.08 Å². The second kappa shape index (κ2) is 12.0. The molecule has 0 aliphatic carbocycles. The summed E-state index contributed by atoms with van der Waals surface area (Å²) in [4.78, 5) is 39.8. The van der Waals surface area contributed by atoms with Crippen LogP contribution < -0.4 is 19.7 Å². The molecule has 0 aromatic heterocycles. The first kappa shape index (κ1) is 27.7. The molecule has 1 fully saturated rings. The largest absolute Gasteiger partial charge is 0.490 e. The summed E-state index contributed by atoms with van der Waals surface area (Å²) in [6.45, 7) is 10.2. The van der Waals surface area contributed by atoms with Gasteiger partial charge in [-0.3, -0.25) is 14.9 Å². The van der Waals surface area contributed by atoms with Crippen molar-refractivity contribution in [1.82, 2.24) is 5.32 Å². The minimum Gasteiger partial charge on any atom is -0.490 e. The van der Waals surface area contributed by atoms with Crippen molar-refractivity contribution >= 4 is 41.2 Å². The Morgan fingerprint density at radius 2 is 1.79 bits per heavy atom. The Labute approximate surface area is 232 Å². The molecule has 0 bridgehead atoms. The summed E-state index contributed by atoms with van der Waals surface area (Å²) in [5.74, 6) is -0.493. The van der Waals surface area contributed by atoms with Crippen LogP contribution in [0.25, 0.3) is 6.08 Å². The monoisotopic (exact) mass is 544 g/mol. The van der Waals surface area contributed by atoms with Crippen molar-refractivity contribution in [3.8, 4) is 11.5 Å². The van der Waals surface area contributed by atoms with Crippen molar-refractivity contribution in [2.75, 3.05) is 11.5 Å². The van der Waals surface area contributed by atoms with E-state index in [1.54, 1.807) is 30.3 Å². The number of barbiturate groups is 1. The predicted octanol–water partition coefficient (Wildman–Crippen LogP) is 6.33. The number of imide groups is 2. The molecule has 7 nitrogen and oxygen atoms in total. The van der Waals surface area contributed by atoms with Gasteiger partial charge in [0.25, 0.3) is 11.8 Å². The maximum Gasteiger partial charge on any atom is 0.335 e. The van der Waals surface area contributed by atoms with Crippen LogP contribution in [0, 0.1) is 13.8 Å². The summed E-state index contributed by atoms with van der Waals surface area (Å²) in [7, 11) is 0.